The van der Waals surface area contributed by atoms with E-state index in [2.05, 4.69) is 17.0 Å². The number of hydrogen-bond donors (Lipinski definition) is 1. The number of benzene rings is 1. The Morgan fingerprint density at radius 3 is 2.12 bits per heavy atom. The number of esters is 5. The zero-order chi connectivity index (χ0) is 54.2. The normalized spacial score (nSPS) is 34.3. The van der Waals surface area contributed by atoms with E-state index in [4.69, 9.17) is 52.1 Å². The Bertz CT molecular complexity index is 1870. The molecule has 0 aliphatic carbocycles. The van der Waals surface area contributed by atoms with E-state index in [0.717, 1.165) is 12.8 Å². The fourth-order valence-corrected chi connectivity index (χ4v) is 11.1. The number of rotatable bonds is 19. The SMILES string of the molecule is CCC(=O)O[C@@H]1CC(=O)O[C@H](C)CCN(CCCc2ccccc2)C[C@H](OC(C)=O)[C@H](C)C[C@H](CC(OC)OC)[C@H]([C@@H]2O[C@H](C)[C@@H](O[C@H]3C[C@@](C)(OC(C)=O)[C@@H](OC(=O)CC)[C@H](C)O3)[C@H](N(C)C)[C@H]2O)[C@@H]1OC. The largest absolute Gasteiger partial charge is 0.463 e. The summed E-state index contributed by atoms with van der Waals surface area (Å²) in [7, 11) is 8.13. The van der Waals surface area contributed by atoms with Crippen molar-refractivity contribution in [3.63, 3.8) is 0 Å². The van der Waals surface area contributed by atoms with Crippen molar-refractivity contribution in [1.82, 2.24) is 9.80 Å². The molecule has 0 bridgehead atoms. The number of carbonyl (C=O) groups excluding carboxylic acids is 5. The molecular formula is C54H88N2O17. The predicted octanol–water partition coefficient (Wildman–Crippen LogP) is 5.42. The van der Waals surface area contributed by atoms with Gasteiger partial charge in [-0.15, -0.1) is 0 Å². The maximum atomic E-state index is 14.1. The van der Waals surface area contributed by atoms with Crippen molar-refractivity contribution in [2.75, 3.05) is 55.1 Å². The van der Waals surface area contributed by atoms with Gasteiger partial charge in [0, 0.05) is 79.9 Å². The van der Waals surface area contributed by atoms with E-state index in [0.29, 0.717) is 32.5 Å². The van der Waals surface area contributed by atoms with Crippen molar-refractivity contribution in [3.05, 3.63) is 35.9 Å². The standard InChI is InChI=1S/C54H88N2O17/c1-15-42(59)70-40-29-44(61)66-33(4)24-26-56(25-20-23-38-21-18-17-19-22-38)31-41(69-36(7)57)32(3)27-39(28-45(63-12)64-13)47(51(40)65-14)52-49(62)48(55(10)11)50(34(5)68-52)72-46-30-54(9,73-37(8)58)53(35(6)67-46)71-43(60)16-2/h17-19,21-22,32-35,39-41,45-53,62H,15-16,20,23-31H2,1-14H3/t32-,33-,34-,35+,39-,40-,41+,46+,47+,48-,49-,50-,51-,52+,53+,54-/m1/s1. The van der Waals surface area contributed by atoms with E-state index in [1.165, 1.54) is 40.7 Å². The number of methoxy groups -OCH3 is 3. The monoisotopic (exact) mass is 1040 g/mol. The van der Waals surface area contributed by atoms with Gasteiger partial charge < -0.3 is 62.1 Å². The number of hydrogen-bond acceptors (Lipinski definition) is 19. The number of carbonyl (C=O) groups is 5. The molecule has 0 saturated carbocycles. The summed E-state index contributed by atoms with van der Waals surface area (Å²) < 4.78 is 68.4. The van der Waals surface area contributed by atoms with Crippen molar-refractivity contribution in [1.29, 1.82) is 0 Å². The van der Waals surface area contributed by atoms with Crippen molar-refractivity contribution < 1.29 is 81.2 Å². The first-order valence-electron chi connectivity index (χ1n) is 26.2. The molecule has 16 atom stereocenters. The molecule has 0 aromatic heterocycles. The summed E-state index contributed by atoms with van der Waals surface area (Å²) in [5.74, 6) is -4.44. The van der Waals surface area contributed by atoms with Crippen LogP contribution in [0.15, 0.2) is 30.3 Å². The van der Waals surface area contributed by atoms with Crippen LogP contribution in [-0.4, -0.2) is 185 Å². The van der Waals surface area contributed by atoms with Crippen molar-refractivity contribution in [3.8, 4) is 0 Å². The Morgan fingerprint density at radius 1 is 0.877 bits per heavy atom. The van der Waals surface area contributed by atoms with E-state index < -0.39 is 127 Å². The first kappa shape index (κ1) is 61.8. The van der Waals surface area contributed by atoms with Gasteiger partial charge in [0.1, 0.15) is 30.5 Å². The summed E-state index contributed by atoms with van der Waals surface area (Å²) in [5.41, 5.74) is -0.127. The molecule has 19 nitrogen and oxygen atoms in total. The molecule has 3 aliphatic rings. The van der Waals surface area contributed by atoms with Gasteiger partial charge in [0.25, 0.3) is 0 Å². The van der Waals surface area contributed by atoms with Gasteiger partial charge in [0.2, 0.25) is 0 Å². The number of aryl methyl sites for hydroxylation is 1. The van der Waals surface area contributed by atoms with Crippen LogP contribution in [0.2, 0.25) is 0 Å². The number of ether oxygens (including phenoxy) is 11. The molecule has 0 amide bonds. The lowest BCUT2D eigenvalue weighted by Gasteiger charge is -2.53. The lowest BCUT2D eigenvalue weighted by molar-refractivity contribution is -0.320. The van der Waals surface area contributed by atoms with E-state index >= 15 is 0 Å². The average Bonchev–Trinajstić information content (AvgIpc) is 3.32. The molecule has 4 rings (SSSR count). The summed E-state index contributed by atoms with van der Waals surface area (Å²) in [6.07, 6.45) is -8.59. The number of aliphatic hydroxyl groups excluding tert-OH is 1. The van der Waals surface area contributed by atoms with Crippen LogP contribution in [0.4, 0.5) is 0 Å². The van der Waals surface area contributed by atoms with Crippen LogP contribution in [0, 0.1) is 17.8 Å². The third-order valence-corrected chi connectivity index (χ3v) is 14.6. The quantitative estimate of drug-likeness (QED) is 0.104. The van der Waals surface area contributed by atoms with Gasteiger partial charge in [-0.05, 0) is 91.4 Å². The summed E-state index contributed by atoms with van der Waals surface area (Å²) in [4.78, 5) is 69.6. The molecule has 3 fully saturated rings. The minimum Gasteiger partial charge on any atom is -0.463 e. The lowest BCUT2D eigenvalue weighted by Crippen LogP contribution is -2.67. The molecule has 3 heterocycles. The maximum Gasteiger partial charge on any atom is 0.309 e. The topological polar surface area (TPSA) is 214 Å². The fraction of sp³-hybridized carbons (Fsp3) is 0.796. The van der Waals surface area contributed by atoms with Crippen molar-refractivity contribution in [2.45, 2.75) is 205 Å². The predicted molar refractivity (Wildman–Crippen MR) is 268 cm³/mol. The van der Waals surface area contributed by atoms with Crippen LogP contribution in [-0.2, 0) is 82.5 Å². The number of likely N-dealkylation sites (N-methyl/N-ethyl adjacent to an activating group) is 1. The molecule has 1 N–H and O–H groups in total. The third-order valence-electron chi connectivity index (χ3n) is 14.6. The summed E-state index contributed by atoms with van der Waals surface area (Å²) in [6.45, 7) is 16.7. The Morgan fingerprint density at radius 2 is 1.53 bits per heavy atom. The molecule has 416 valence electrons. The summed E-state index contributed by atoms with van der Waals surface area (Å²) >= 11 is 0. The van der Waals surface area contributed by atoms with Gasteiger partial charge in [-0.3, -0.25) is 28.9 Å². The van der Waals surface area contributed by atoms with Gasteiger partial charge in [-0.25, -0.2) is 0 Å². The number of cyclic esters (lactones) is 1. The molecule has 1 aromatic rings. The molecular weight excluding hydrogens is 949 g/mol. The molecule has 0 spiro atoms. The summed E-state index contributed by atoms with van der Waals surface area (Å²) in [6, 6.07) is 9.42. The van der Waals surface area contributed by atoms with E-state index in [1.807, 2.05) is 43.9 Å². The van der Waals surface area contributed by atoms with Crippen LogP contribution >= 0.6 is 0 Å². The Hall–Kier alpha value is -3.79. The Balaban J connectivity index is 1.85. The van der Waals surface area contributed by atoms with Gasteiger partial charge in [0.05, 0.1) is 36.9 Å². The molecule has 3 aliphatic heterocycles. The lowest BCUT2D eigenvalue weighted by atomic mass is 9.70. The second-order valence-corrected chi connectivity index (χ2v) is 20.6. The van der Waals surface area contributed by atoms with Crippen LogP contribution in [0.3, 0.4) is 0 Å². The Kier molecular flexibility index (Phi) is 25.0. The van der Waals surface area contributed by atoms with E-state index in [9.17, 15) is 29.1 Å². The highest BCUT2D eigenvalue weighted by Crippen LogP contribution is 2.44. The highest BCUT2D eigenvalue weighted by molar-refractivity contribution is 5.73. The van der Waals surface area contributed by atoms with Gasteiger partial charge >= 0.3 is 29.8 Å². The number of nitrogens with zero attached hydrogens (tertiary/aromatic N) is 2. The van der Waals surface area contributed by atoms with Gasteiger partial charge in [0.15, 0.2) is 24.3 Å². The highest BCUT2D eigenvalue weighted by Gasteiger charge is 2.56. The maximum absolute atomic E-state index is 14.1. The molecule has 3 saturated heterocycles. The summed E-state index contributed by atoms with van der Waals surface area (Å²) in [5, 5.41) is 13.0. The molecule has 73 heavy (non-hydrogen) atoms. The van der Waals surface area contributed by atoms with Crippen molar-refractivity contribution >= 4 is 29.8 Å². The van der Waals surface area contributed by atoms with Gasteiger partial charge in [-0.1, -0.05) is 51.1 Å². The average molecular weight is 1040 g/mol. The second kappa shape index (κ2) is 29.5. The minimum absolute atomic E-state index is 0.00452. The van der Waals surface area contributed by atoms with E-state index in [1.54, 1.807) is 41.8 Å². The fourth-order valence-electron chi connectivity index (χ4n) is 11.1. The Labute approximate surface area is 433 Å². The van der Waals surface area contributed by atoms with Crippen LogP contribution < -0.4 is 0 Å². The zero-order valence-corrected chi connectivity index (χ0v) is 46.0. The van der Waals surface area contributed by atoms with Crippen LogP contribution in [0.25, 0.3) is 0 Å². The third kappa shape index (κ3) is 17.9. The highest BCUT2D eigenvalue weighted by atomic mass is 16.7. The molecule has 1 aromatic carbocycles. The minimum atomic E-state index is -1.35. The first-order valence-corrected chi connectivity index (χ1v) is 26.2. The second-order valence-electron chi connectivity index (χ2n) is 20.6. The molecule has 19 heteroatoms. The first-order chi connectivity index (χ1) is 34.6. The van der Waals surface area contributed by atoms with Gasteiger partial charge in [-0.2, -0.15) is 0 Å². The zero-order valence-electron chi connectivity index (χ0n) is 46.0. The molecule has 0 radical (unpaired) electrons. The van der Waals surface area contributed by atoms with Crippen LogP contribution in [0.5, 0.6) is 0 Å². The van der Waals surface area contributed by atoms with E-state index in [-0.39, 0.29) is 38.0 Å². The molecule has 0 unspecified atom stereocenters. The number of aliphatic hydroxyl groups is 1. The van der Waals surface area contributed by atoms with Crippen LogP contribution in [0.1, 0.15) is 119 Å². The smallest absolute Gasteiger partial charge is 0.309 e. The van der Waals surface area contributed by atoms with Crippen molar-refractivity contribution in [2.24, 2.45) is 17.8 Å².